The predicted octanol–water partition coefficient (Wildman–Crippen LogP) is 7.60. The van der Waals surface area contributed by atoms with E-state index in [1.165, 1.54) is 16.5 Å². The fourth-order valence-corrected chi connectivity index (χ4v) is 5.15. The van der Waals surface area contributed by atoms with E-state index >= 15 is 0 Å². The van der Waals surface area contributed by atoms with Gasteiger partial charge in [-0.2, -0.15) is 18.3 Å². The minimum Gasteiger partial charge on any atom is -0.459 e. The standard InChI is InChI=1S/C25H21Cl2F3N4O2S/c1-24(2,3)36-23(35)14-34(37-20-11-17(26)10-18(27)12-20)19-4-5-21-15(8-19)6-7-33(21)22-9-16(13-31-32-22)25(28,29)30/h4-13H,14H2,1-3H3. The van der Waals surface area contributed by atoms with Crippen molar-refractivity contribution in [3.05, 3.63) is 76.5 Å². The number of esters is 1. The third-order valence-electron chi connectivity index (χ3n) is 4.92. The van der Waals surface area contributed by atoms with Crippen LogP contribution >= 0.6 is 35.1 Å². The van der Waals surface area contributed by atoms with Gasteiger partial charge in [0.2, 0.25) is 0 Å². The lowest BCUT2D eigenvalue weighted by molar-refractivity contribution is -0.152. The first-order valence-electron chi connectivity index (χ1n) is 10.9. The molecule has 0 aliphatic carbocycles. The van der Waals surface area contributed by atoms with Crippen LogP contribution in [0.1, 0.15) is 26.3 Å². The highest BCUT2D eigenvalue weighted by molar-refractivity contribution is 8.00. The van der Waals surface area contributed by atoms with Crippen molar-refractivity contribution < 1.29 is 22.7 Å². The van der Waals surface area contributed by atoms with Crippen molar-refractivity contribution in [1.82, 2.24) is 14.8 Å². The molecule has 0 aliphatic heterocycles. The van der Waals surface area contributed by atoms with Crippen LogP contribution in [-0.4, -0.2) is 32.9 Å². The molecule has 2 aromatic heterocycles. The molecule has 4 aromatic rings. The van der Waals surface area contributed by atoms with Crippen molar-refractivity contribution >= 4 is 57.7 Å². The first-order chi connectivity index (χ1) is 17.3. The highest BCUT2D eigenvalue weighted by atomic mass is 35.5. The molecule has 6 nitrogen and oxygen atoms in total. The Bertz CT molecular complexity index is 1430. The predicted molar refractivity (Wildman–Crippen MR) is 139 cm³/mol. The third-order valence-corrected chi connectivity index (χ3v) is 6.37. The molecule has 0 aliphatic rings. The number of halogens is 5. The zero-order valence-corrected chi connectivity index (χ0v) is 22.2. The van der Waals surface area contributed by atoms with Gasteiger partial charge in [0.15, 0.2) is 5.82 Å². The molecular formula is C25H21Cl2F3N4O2S. The molecular weight excluding hydrogens is 548 g/mol. The minimum atomic E-state index is -4.54. The Balaban J connectivity index is 1.70. The van der Waals surface area contributed by atoms with Crippen LogP contribution in [0.5, 0.6) is 0 Å². The Kier molecular flexibility index (Phi) is 7.64. The Labute approximate surface area is 225 Å². The normalized spacial score (nSPS) is 12.1. The van der Waals surface area contributed by atoms with Crippen LogP contribution < -0.4 is 4.31 Å². The number of benzene rings is 2. The smallest absolute Gasteiger partial charge is 0.418 e. The van der Waals surface area contributed by atoms with Crippen LogP contribution in [0.4, 0.5) is 18.9 Å². The molecule has 0 atom stereocenters. The van der Waals surface area contributed by atoms with Gasteiger partial charge in [-0.3, -0.25) is 9.36 Å². The Morgan fingerprint density at radius 2 is 1.76 bits per heavy atom. The summed E-state index contributed by atoms with van der Waals surface area (Å²) in [6.45, 7) is 5.26. The maximum atomic E-state index is 13.2. The fourth-order valence-electron chi connectivity index (χ4n) is 3.49. The molecule has 0 saturated carbocycles. The Hall–Kier alpha value is -2.95. The number of ether oxygens (including phenoxy) is 1. The van der Waals surface area contributed by atoms with E-state index in [4.69, 9.17) is 27.9 Å². The summed E-state index contributed by atoms with van der Waals surface area (Å²) in [5.74, 6) is -0.406. The number of aromatic nitrogens is 3. The SMILES string of the molecule is CC(C)(C)OC(=O)CN(Sc1cc(Cl)cc(Cl)c1)c1ccc2c(ccn2-c2cc(C(F)(F)F)cnn2)c1. The van der Waals surface area contributed by atoms with E-state index in [0.29, 0.717) is 32.3 Å². The number of hydrogen-bond donors (Lipinski definition) is 0. The van der Waals surface area contributed by atoms with E-state index in [1.807, 2.05) is 6.07 Å². The highest BCUT2D eigenvalue weighted by Gasteiger charge is 2.31. The molecule has 2 heterocycles. The number of alkyl halides is 3. The maximum absolute atomic E-state index is 13.2. The lowest BCUT2D eigenvalue weighted by Gasteiger charge is -2.26. The van der Waals surface area contributed by atoms with Crippen molar-refractivity contribution in [2.24, 2.45) is 0 Å². The van der Waals surface area contributed by atoms with Crippen molar-refractivity contribution in [3.63, 3.8) is 0 Å². The van der Waals surface area contributed by atoms with Gasteiger partial charge in [-0.1, -0.05) is 23.2 Å². The van der Waals surface area contributed by atoms with Gasteiger partial charge in [0.25, 0.3) is 0 Å². The fraction of sp³-hybridized carbons (Fsp3) is 0.240. The van der Waals surface area contributed by atoms with Crippen molar-refractivity contribution in [3.8, 4) is 5.82 Å². The number of carbonyl (C=O) groups excluding carboxylic acids is 1. The van der Waals surface area contributed by atoms with Crippen LogP contribution in [0.2, 0.25) is 10.0 Å². The Morgan fingerprint density at radius 3 is 2.41 bits per heavy atom. The van der Waals surface area contributed by atoms with Gasteiger partial charge < -0.3 is 9.04 Å². The molecule has 2 aromatic carbocycles. The second-order valence-corrected chi connectivity index (χ2v) is 11.0. The highest BCUT2D eigenvalue weighted by Crippen LogP contribution is 2.35. The van der Waals surface area contributed by atoms with Crippen LogP contribution in [0, 0.1) is 0 Å². The number of rotatable bonds is 6. The summed E-state index contributed by atoms with van der Waals surface area (Å²) in [6, 6.07) is 13.0. The largest absolute Gasteiger partial charge is 0.459 e. The van der Waals surface area contributed by atoms with Gasteiger partial charge >= 0.3 is 12.1 Å². The molecule has 12 heteroatoms. The number of nitrogens with zero attached hydrogens (tertiary/aromatic N) is 4. The van der Waals surface area contributed by atoms with Crippen molar-refractivity contribution in [1.29, 1.82) is 0 Å². The molecule has 0 N–H and O–H groups in total. The second-order valence-electron chi connectivity index (χ2n) is 9.05. The molecule has 0 saturated heterocycles. The van der Waals surface area contributed by atoms with Gasteiger partial charge in [0, 0.05) is 32.2 Å². The van der Waals surface area contributed by atoms with E-state index in [0.717, 1.165) is 11.5 Å². The molecule has 0 unspecified atom stereocenters. The number of hydrogen-bond acceptors (Lipinski definition) is 6. The molecule has 0 bridgehead atoms. The molecule has 37 heavy (non-hydrogen) atoms. The molecule has 0 spiro atoms. The first kappa shape index (κ1) is 27.1. The first-order valence-corrected chi connectivity index (χ1v) is 12.5. The molecule has 4 rings (SSSR count). The van der Waals surface area contributed by atoms with Gasteiger partial charge in [-0.25, -0.2) is 0 Å². The van der Waals surface area contributed by atoms with Gasteiger partial charge in [-0.15, -0.1) is 5.10 Å². The number of anilines is 1. The number of fused-ring (bicyclic) bond motifs is 1. The summed E-state index contributed by atoms with van der Waals surface area (Å²) in [4.78, 5) is 13.4. The van der Waals surface area contributed by atoms with Crippen LogP contribution in [-0.2, 0) is 15.7 Å². The number of carbonyl (C=O) groups is 1. The third kappa shape index (κ3) is 6.88. The maximum Gasteiger partial charge on any atom is 0.418 e. The molecule has 194 valence electrons. The van der Waals surface area contributed by atoms with E-state index < -0.39 is 23.3 Å². The monoisotopic (exact) mass is 568 g/mol. The van der Waals surface area contributed by atoms with Gasteiger partial charge in [-0.05, 0) is 81.3 Å². The van der Waals surface area contributed by atoms with E-state index in [2.05, 4.69) is 10.2 Å². The summed E-state index contributed by atoms with van der Waals surface area (Å²) >= 11 is 13.6. The second kappa shape index (κ2) is 10.4. The van der Waals surface area contributed by atoms with Crippen molar-refractivity contribution in [2.45, 2.75) is 37.4 Å². The topological polar surface area (TPSA) is 60.2 Å². The lowest BCUT2D eigenvalue weighted by atomic mass is 10.2. The molecule has 0 fully saturated rings. The molecule has 0 amide bonds. The van der Waals surface area contributed by atoms with Crippen LogP contribution in [0.15, 0.2) is 65.8 Å². The van der Waals surface area contributed by atoms with E-state index in [9.17, 15) is 18.0 Å². The summed E-state index contributed by atoms with van der Waals surface area (Å²) in [7, 11) is 0. The van der Waals surface area contributed by atoms with Gasteiger partial charge in [0.1, 0.15) is 12.1 Å². The zero-order valence-electron chi connectivity index (χ0n) is 19.9. The quantitative estimate of drug-likeness (QED) is 0.176. The average Bonchev–Trinajstić information content (AvgIpc) is 3.19. The summed E-state index contributed by atoms with van der Waals surface area (Å²) in [5.41, 5.74) is -0.284. The summed E-state index contributed by atoms with van der Waals surface area (Å²) < 4.78 is 48.2. The lowest BCUT2D eigenvalue weighted by Crippen LogP contribution is -2.31. The summed E-state index contributed by atoms with van der Waals surface area (Å²) in [5, 5.41) is 8.98. The van der Waals surface area contributed by atoms with E-state index in [-0.39, 0.29) is 12.4 Å². The van der Waals surface area contributed by atoms with Crippen molar-refractivity contribution in [2.75, 3.05) is 10.8 Å². The average molecular weight is 569 g/mol. The van der Waals surface area contributed by atoms with E-state index in [1.54, 1.807) is 67.7 Å². The zero-order chi connectivity index (χ0) is 27.0. The molecule has 0 radical (unpaired) electrons. The Morgan fingerprint density at radius 1 is 1.05 bits per heavy atom. The van der Waals surface area contributed by atoms with Crippen LogP contribution in [0.25, 0.3) is 16.7 Å². The minimum absolute atomic E-state index is 0.0335. The summed E-state index contributed by atoms with van der Waals surface area (Å²) in [6.07, 6.45) is -2.24. The van der Waals surface area contributed by atoms with Gasteiger partial charge in [0.05, 0.1) is 17.3 Å². The van der Waals surface area contributed by atoms with Crippen LogP contribution in [0.3, 0.4) is 0 Å².